The summed E-state index contributed by atoms with van der Waals surface area (Å²) in [7, 11) is 0. The van der Waals surface area contributed by atoms with Crippen LogP contribution >= 0.6 is 0 Å². The maximum Gasteiger partial charge on any atom is 0.411 e. The fraction of sp³-hybridized carbons (Fsp3) is 0.933. The van der Waals surface area contributed by atoms with Crippen molar-refractivity contribution >= 4 is 6.09 Å². The third kappa shape index (κ3) is 9.00. The van der Waals surface area contributed by atoms with Gasteiger partial charge in [-0.15, -0.1) is 0 Å². The second kappa shape index (κ2) is 8.73. The molecule has 5 nitrogen and oxygen atoms in total. The van der Waals surface area contributed by atoms with Gasteiger partial charge in [-0.25, -0.2) is 4.79 Å². The van der Waals surface area contributed by atoms with Crippen molar-refractivity contribution in [1.29, 1.82) is 0 Å². The molecule has 0 aromatic rings. The van der Waals surface area contributed by atoms with E-state index in [0.29, 0.717) is 19.6 Å². The Morgan fingerprint density at radius 3 is 2.57 bits per heavy atom. The molecule has 1 amide bonds. The minimum absolute atomic E-state index is 0.00113. The molecule has 0 aliphatic carbocycles. The average Bonchev–Trinajstić information content (AvgIpc) is 2.40. The zero-order chi connectivity index (χ0) is 17.5. The molecule has 1 N–H and O–H groups in total. The topological polar surface area (TPSA) is 50.8 Å². The van der Waals surface area contributed by atoms with Crippen molar-refractivity contribution in [2.45, 2.75) is 57.9 Å². The molecule has 1 rings (SSSR count). The summed E-state index contributed by atoms with van der Waals surface area (Å²) in [4.78, 5) is 13.9. The first-order chi connectivity index (χ1) is 10.6. The number of alkyl halides is 3. The summed E-state index contributed by atoms with van der Waals surface area (Å²) in [5, 5.41) is 3.05. The van der Waals surface area contributed by atoms with Crippen LogP contribution in [-0.4, -0.2) is 61.7 Å². The first-order valence-electron chi connectivity index (χ1n) is 7.93. The standard InChI is InChI=1S/C15H27F3N2O3/c1-14(2,3)23-13(21)20-8-5-4-6-12(20)10-19-7-9-22-11-15(16,17)18/h12,19H,4-11H2,1-3H3. The van der Waals surface area contributed by atoms with Gasteiger partial charge < -0.3 is 19.7 Å². The van der Waals surface area contributed by atoms with Crippen molar-refractivity contribution in [3.63, 3.8) is 0 Å². The van der Waals surface area contributed by atoms with Gasteiger partial charge >= 0.3 is 12.3 Å². The fourth-order valence-corrected chi connectivity index (χ4v) is 2.37. The Hall–Kier alpha value is -1.02. The van der Waals surface area contributed by atoms with Crippen LogP contribution in [0.3, 0.4) is 0 Å². The first kappa shape index (κ1) is 20.0. The van der Waals surface area contributed by atoms with Gasteiger partial charge in [-0.05, 0) is 40.0 Å². The Balaban J connectivity index is 2.31. The molecule has 136 valence electrons. The molecule has 0 bridgehead atoms. The quantitative estimate of drug-likeness (QED) is 0.756. The van der Waals surface area contributed by atoms with Gasteiger partial charge in [0.1, 0.15) is 12.2 Å². The van der Waals surface area contributed by atoms with Gasteiger partial charge in [0.2, 0.25) is 0 Å². The van der Waals surface area contributed by atoms with Crippen LogP contribution in [0.5, 0.6) is 0 Å². The van der Waals surface area contributed by atoms with Crippen molar-refractivity contribution in [1.82, 2.24) is 10.2 Å². The van der Waals surface area contributed by atoms with Gasteiger partial charge in [-0.1, -0.05) is 0 Å². The SMILES string of the molecule is CC(C)(C)OC(=O)N1CCCCC1CNCCOCC(F)(F)F. The Bertz CT molecular complexity index is 370. The third-order valence-corrected chi connectivity index (χ3v) is 3.32. The van der Waals surface area contributed by atoms with Crippen LogP contribution in [0.25, 0.3) is 0 Å². The van der Waals surface area contributed by atoms with E-state index in [1.54, 1.807) is 4.90 Å². The normalized spacial score (nSPS) is 19.7. The lowest BCUT2D eigenvalue weighted by Crippen LogP contribution is -2.50. The molecular weight excluding hydrogens is 313 g/mol. The molecule has 1 unspecified atom stereocenters. The highest BCUT2D eigenvalue weighted by Crippen LogP contribution is 2.20. The summed E-state index contributed by atoms with van der Waals surface area (Å²) >= 11 is 0. The molecular formula is C15H27F3N2O3. The van der Waals surface area contributed by atoms with E-state index in [9.17, 15) is 18.0 Å². The van der Waals surface area contributed by atoms with Crippen LogP contribution in [0.1, 0.15) is 40.0 Å². The summed E-state index contributed by atoms with van der Waals surface area (Å²) in [5.74, 6) is 0. The molecule has 1 heterocycles. The summed E-state index contributed by atoms with van der Waals surface area (Å²) in [6, 6.07) is 0.00113. The van der Waals surface area contributed by atoms with Crippen molar-refractivity contribution in [3.8, 4) is 0 Å². The largest absolute Gasteiger partial charge is 0.444 e. The van der Waals surface area contributed by atoms with Gasteiger partial charge in [0.25, 0.3) is 0 Å². The Kier molecular flexibility index (Phi) is 7.60. The van der Waals surface area contributed by atoms with Gasteiger partial charge in [-0.3, -0.25) is 0 Å². The molecule has 8 heteroatoms. The lowest BCUT2D eigenvalue weighted by molar-refractivity contribution is -0.173. The molecule has 1 saturated heterocycles. The van der Waals surface area contributed by atoms with E-state index in [4.69, 9.17) is 4.74 Å². The number of rotatable bonds is 6. The molecule has 1 atom stereocenters. The van der Waals surface area contributed by atoms with Gasteiger partial charge in [-0.2, -0.15) is 13.2 Å². The minimum Gasteiger partial charge on any atom is -0.444 e. The number of nitrogens with one attached hydrogen (secondary N) is 1. The zero-order valence-electron chi connectivity index (χ0n) is 14.0. The van der Waals surface area contributed by atoms with Crippen molar-refractivity contribution in [2.75, 3.05) is 32.8 Å². The number of amides is 1. The van der Waals surface area contributed by atoms with E-state index in [2.05, 4.69) is 10.1 Å². The molecule has 0 aromatic heterocycles. The molecule has 1 aliphatic heterocycles. The number of likely N-dealkylation sites (tertiary alicyclic amines) is 1. The van der Waals surface area contributed by atoms with E-state index in [-0.39, 0.29) is 18.7 Å². The van der Waals surface area contributed by atoms with Crippen LogP contribution in [-0.2, 0) is 9.47 Å². The summed E-state index contributed by atoms with van der Waals surface area (Å²) in [6.45, 7) is 5.69. The Morgan fingerprint density at radius 2 is 1.96 bits per heavy atom. The molecule has 0 aromatic carbocycles. The molecule has 23 heavy (non-hydrogen) atoms. The number of halogens is 3. The number of nitrogens with zero attached hydrogens (tertiary/aromatic N) is 1. The molecule has 0 spiro atoms. The molecule has 0 radical (unpaired) electrons. The van der Waals surface area contributed by atoms with Gasteiger partial charge in [0.05, 0.1) is 6.61 Å². The maximum atomic E-state index is 12.2. The smallest absolute Gasteiger partial charge is 0.411 e. The van der Waals surface area contributed by atoms with E-state index in [1.165, 1.54) is 0 Å². The predicted molar refractivity (Wildman–Crippen MR) is 80.3 cm³/mol. The van der Waals surface area contributed by atoms with Crippen LogP contribution in [0.2, 0.25) is 0 Å². The number of hydrogen-bond donors (Lipinski definition) is 1. The highest BCUT2D eigenvalue weighted by Gasteiger charge is 2.30. The summed E-state index contributed by atoms with van der Waals surface area (Å²) in [6.07, 6.45) is -1.81. The van der Waals surface area contributed by atoms with E-state index in [1.807, 2.05) is 20.8 Å². The second-order valence-electron chi connectivity index (χ2n) is 6.70. The lowest BCUT2D eigenvalue weighted by atomic mass is 10.0. The van der Waals surface area contributed by atoms with Crippen molar-refractivity contribution in [3.05, 3.63) is 0 Å². The monoisotopic (exact) mass is 340 g/mol. The number of carbonyl (C=O) groups is 1. The van der Waals surface area contributed by atoms with Crippen molar-refractivity contribution < 1.29 is 27.4 Å². The maximum absolute atomic E-state index is 12.2. The number of carbonyl (C=O) groups excluding carboxylic acids is 1. The summed E-state index contributed by atoms with van der Waals surface area (Å²) in [5.41, 5.74) is -0.544. The van der Waals surface area contributed by atoms with Crippen LogP contribution in [0, 0.1) is 0 Å². The Labute approximate surface area is 135 Å². The molecule has 1 fully saturated rings. The van der Waals surface area contributed by atoms with Gasteiger partial charge in [0.15, 0.2) is 0 Å². The zero-order valence-corrected chi connectivity index (χ0v) is 14.0. The molecule has 0 saturated carbocycles. The summed E-state index contributed by atoms with van der Waals surface area (Å²) < 4.78 is 45.7. The third-order valence-electron chi connectivity index (χ3n) is 3.32. The lowest BCUT2D eigenvalue weighted by Gasteiger charge is -2.36. The van der Waals surface area contributed by atoms with E-state index in [0.717, 1.165) is 19.3 Å². The van der Waals surface area contributed by atoms with Gasteiger partial charge in [0, 0.05) is 25.7 Å². The number of piperidine rings is 1. The van der Waals surface area contributed by atoms with Crippen LogP contribution < -0.4 is 5.32 Å². The fourth-order valence-electron chi connectivity index (χ4n) is 2.37. The second-order valence-corrected chi connectivity index (χ2v) is 6.70. The van der Waals surface area contributed by atoms with Crippen LogP contribution in [0.15, 0.2) is 0 Å². The Morgan fingerprint density at radius 1 is 1.26 bits per heavy atom. The first-order valence-corrected chi connectivity index (χ1v) is 7.93. The number of ether oxygens (including phenoxy) is 2. The van der Waals surface area contributed by atoms with Crippen molar-refractivity contribution in [2.24, 2.45) is 0 Å². The number of hydrogen-bond acceptors (Lipinski definition) is 4. The predicted octanol–water partition coefficient (Wildman–Crippen LogP) is 2.94. The minimum atomic E-state index is -4.29. The molecule has 1 aliphatic rings. The highest BCUT2D eigenvalue weighted by atomic mass is 19.4. The van der Waals surface area contributed by atoms with E-state index < -0.39 is 18.4 Å². The van der Waals surface area contributed by atoms with Crippen LogP contribution in [0.4, 0.5) is 18.0 Å². The average molecular weight is 340 g/mol. The highest BCUT2D eigenvalue weighted by molar-refractivity contribution is 5.68. The van der Waals surface area contributed by atoms with E-state index >= 15 is 0 Å².